The fourth-order valence-corrected chi connectivity index (χ4v) is 3.43. The summed E-state index contributed by atoms with van der Waals surface area (Å²) in [5, 5.41) is 9.98. The predicted octanol–water partition coefficient (Wildman–Crippen LogP) is 3.21. The SMILES string of the molecule is COC1(c2cccc3c(CC(=O)O)c[nH]c23)CCCC1. The van der Waals surface area contributed by atoms with Gasteiger partial charge in [-0.15, -0.1) is 0 Å². The second-order valence-electron chi connectivity index (χ2n) is 5.52. The van der Waals surface area contributed by atoms with Crippen molar-refractivity contribution in [1.82, 2.24) is 4.98 Å². The van der Waals surface area contributed by atoms with Crippen LogP contribution in [-0.2, 0) is 21.6 Å². The number of nitrogens with one attached hydrogen (secondary N) is 1. The van der Waals surface area contributed by atoms with Gasteiger partial charge in [-0.05, 0) is 18.4 Å². The molecule has 4 heteroatoms. The quantitative estimate of drug-likeness (QED) is 0.899. The number of H-pyrrole nitrogens is 1. The van der Waals surface area contributed by atoms with Crippen molar-refractivity contribution in [3.05, 3.63) is 35.5 Å². The number of rotatable bonds is 4. The summed E-state index contributed by atoms with van der Waals surface area (Å²) in [5.41, 5.74) is 2.79. The molecule has 1 aliphatic carbocycles. The molecule has 0 amide bonds. The van der Waals surface area contributed by atoms with Crippen LogP contribution in [0.3, 0.4) is 0 Å². The third kappa shape index (κ3) is 2.00. The van der Waals surface area contributed by atoms with Gasteiger partial charge in [0.05, 0.1) is 17.5 Å². The molecule has 20 heavy (non-hydrogen) atoms. The highest BCUT2D eigenvalue weighted by molar-refractivity contribution is 5.89. The van der Waals surface area contributed by atoms with Gasteiger partial charge in [-0.3, -0.25) is 4.79 Å². The summed E-state index contributed by atoms with van der Waals surface area (Å²) in [6.45, 7) is 0. The minimum atomic E-state index is -0.807. The maximum Gasteiger partial charge on any atom is 0.307 e. The lowest BCUT2D eigenvalue weighted by Gasteiger charge is -2.28. The third-order valence-electron chi connectivity index (χ3n) is 4.44. The van der Waals surface area contributed by atoms with Gasteiger partial charge in [0, 0.05) is 24.3 Å². The number of ether oxygens (including phenoxy) is 1. The number of carboxylic acid groups (broad SMARTS) is 1. The van der Waals surface area contributed by atoms with Crippen LogP contribution in [-0.4, -0.2) is 23.2 Å². The number of methoxy groups -OCH3 is 1. The van der Waals surface area contributed by atoms with E-state index in [2.05, 4.69) is 11.1 Å². The van der Waals surface area contributed by atoms with Gasteiger partial charge in [0.15, 0.2) is 0 Å². The van der Waals surface area contributed by atoms with Gasteiger partial charge in [0.2, 0.25) is 0 Å². The highest BCUT2D eigenvalue weighted by Crippen LogP contribution is 2.44. The van der Waals surface area contributed by atoms with Crippen LogP contribution in [0.25, 0.3) is 10.9 Å². The molecule has 2 aromatic rings. The number of carboxylic acids is 1. The summed E-state index contributed by atoms with van der Waals surface area (Å²) in [6.07, 6.45) is 6.25. The van der Waals surface area contributed by atoms with Crippen LogP contribution in [0, 0.1) is 0 Å². The van der Waals surface area contributed by atoms with E-state index in [0.29, 0.717) is 0 Å². The average Bonchev–Trinajstić information content (AvgIpc) is 3.06. The zero-order valence-electron chi connectivity index (χ0n) is 11.6. The summed E-state index contributed by atoms with van der Waals surface area (Å²) in [6, 6.07) is 6.07. The fraction of sp³-hybridized carbons (Fsp3) is 0.438. The first-order chi connectivity index (χ1) is 9.66. The second kappa shape index (κ2) is 4.94. The van der Waals surface area contributed by atoms with Crippen LogP contribution in [0.5, 0.6) is 0 Å². The van der Waals surface area contributed by atoms with E-state index in [1.165, 1.54) is 12.8 Å². The number of aromatic amines is 1. The van der Waals surface area contributed by atoms with Gasteiger partial charge in [-0.25, -0.2) is 0 Å². The molecular formula is C16H19NO3. The lowest BCUT2D eigenvalue weighted by molar-refractivity contribution is -0.136. The van der Waals surface area contributed by atoms with Gasteiger partial charge < -0.3 is 14.8 Å². The van der Waals surface area contributed by atoms with Crippen LogP contribution in [0.2, 0.25) is 0 Å². The fourth-order valence-electron chi connectivity index (χ4n) is 3.43. The smallest absolute Gasteiger partial charge is 0.307 e. The average molecular weight is 273 g/mol. The Morgan fingerprint density at radius 3 is 2.80 bits per heavy atom. The van der Waals surface area contributed by atoms with Crippen molar-refractivity contribution in [2.75, 3.05) is 7.11 Å². The lowest BCUT2D eigenvalue weighted by atomic mass is 9.90. The molecule has 1 aliphatic rings. The van der Waals surface area contributed by atoms with Crippen molar-refractivity contribution >= 4 is 16.9 Å². The van der Waals surface area contributed by atoms with Crippen molar-refractivity contribution < 1.29 is 14.6 Å². The van der Waals surface area contributed by atoms with Crippen molar-refractivity contribution in [2.45, 2.75) is 37.7 Å². The maximum atomic E-state index is 10.9. The Balaban J connectivity index is 2.13. The third-order valence-corrected chi connectivity index (χ3v) is 4.44. The van der Waals surface area contributed by atoms with Gasteiger partial charge in [-0.2, -0.15) is 0 Å². The van der Waals surface area contributed by atoms with Crippen LogP contribution in [0.15, 0.2) is 24.4 Å². The topological polar surface area (TPSA) is 62.3 Å². The van der Waals surface area contributed by atoms with Crippen molar-refractivity contribution in [3.8, 4) is 0 Å². The van der Waals surface area contributed by atoms with E-state index in [4.69, 9.17) is 9.84 Å². The van der Waals surface area contributed by atoms with Crippen LogP contribution in [0.1, 0.15) is 36.8 Å². The molecule has 0 saturated heterocycles. The first-order valence-electron chi connectivity index (χ1n) is 7.03. The number of fused-ring (bicyclic) bond motifs is 1. The molecule has 3 rings (SSSR count). The first-order valence-corrected chi connectivity index (χ1v) is 7.03. The highest BCUT2D eigenvalue weighted by atomic mass is 16.5. The number of benzene rings is 1. The normalized spacial score (nSPS) is 17.6. The van der Waals surface area contributed by atoms with E-state index >= 15 is 0 Å². The van der Waals surface area contributed by atoms with Crippen molar-refractivity contribution in [1.29, 1.82) is 0 Å². The molecule has 2 N–H and O–H groups in total. The Labute approximate surface area is 117 Å². The van der Waals surface area contributed by atoms with Gasteiger partial charge in [0.1, 0.15) is 0 Å². The molecule has 1 heterocycles. The Bertz CT molecular complexity index is 638. The number of aliphatic carboxylic acids is 1. The Morgan fingerprint density at radius 1 is 1.40 bits per heavy atom. The Morgan fingerprint density at radius 2 is 2.15 bits per heavy atom. The monoisotopic (exact) mass is 273 g/mol. The van der Waals surface area contributed by atoms with E-state index in [-0.39, 0.29) is 12.0 Å². The number of aromatic nitrogens is 1. The zero-order chi connectivity index (χ0) is 14.2. The summed E-state index contributed by atoms with van der Waals surface area (Å²) >= 11 is 0. The molecule has 0 radical (unpaired) electrons. The predicted molar refractivity (Wildman–Crippen MR) is 76.8 cm³/mol. The maximum absolute atomic E-state index is 10.9. The molecule has 0 bridgehead atoms. The summed E-state index contributed by atoms with van der Waals surface area (Å²) in [5.74, 6) is -0.807. The summed E-state index contributed by atoms with van der Waals surface area (Å²) < 4.78 is 5.85. The lowest BCUT2D eigenvalue weighted by Crippen LogP contribution is -2.24. The molecule has 1 fully saturated rings. The molecule has 106 valence electrons. The number of hydrogen-bond donors (Lipinski definition) is 2. The van der Waals surface area contributed by atoms with Crippen LogP contribution < -0.4 is 0 Å². The summed E-state index contributed by atoms with van der Waals surface area (Å²) in [7, 11) is 1.77. The molecule has 0 spiro atoms. The Kier molecular flexibility index (Phi) is 3.26. The van der Waals surface area contributed by atoms with E-state index < -0.39 is 5.97 Å². The minimum absolute atomic E-state index is 0.0451. The molecule has 1 saturated carbocycles. The minimum Gasteiger partial charge on any atom is -0.481 e. The molecule has 1 aromatic carbocycles. The molecule has 0 atom stereocenters. The van der Waals surface area contributed by atoms with E-state index in [1.54, 1.807) is 13.3 Å². The number of carbonyl (C=O) groups is 1. The first kappa shape index (κ1) is 13.2. The zero-order valence-corrected chi connectivity index (χ0v) is 11.6. The van der Waals surface area contributed by atoms with Gasteiger partial charge in [-0.1, -0.05) is 31.0 Å². The van der Waals surface area contributed by atoms with E-state index in [0.717, 1.165) is 34.9 Å². The summed E-state index contributed by atoms with van der Waals surface area (Å²) in [4.78, 5) is 14.2. The van der Waals surface area contributed by atoms with E-state index in [9.17, 15) is 4.79 Å². The standard InChI is InChI=1S/C16H19NO3/c1-20-16(7-2-3-8-16)13-6-4-5-12-11(9-14(18)19)10-17-15(12)13/h4-6,10,17H,2-3,7-9H2,1H3,(H,18,19). The second-order valence-corrected chi connectivity index (χ2v) is 5.52. The number of para-hydroxylation sites is 1. The molecular weight excluding hydrogens is 254 g/mol. The highest BCUT2D eigenvalue weighted by Gasteiger charge is 2.37. The Hall–Kier alpha value is -1.81. The number of hydrogen-bond acceptors (Lipinski definition) is 2. The molecule has 0 unspecified atom stereocenters. The van der Waals surface area contributed by atoms with E-state index in [1.807, 2.05) is 12.1 Å². The van der Waals surface area contributed by atoms with Gasteiger partial charge >= 0.3 is 5.97 Å². The van der Waals surface area contributed by atoms with Crippen LogP contribution in [0.4, 0.5) is 0 Å². The largest absolute Gasteiger partial charge is 0.481 e. The van der Waals surface area contributed by atoms with Crippen molar-refractivity contribution in [2.24, 2.45) is 0 Å². The molecule has 0 aliphatic heterocycles. The van der Waals surface area contributed by atoms with Crippen molar-refractivity contribution in [3.63, 3.8) is 0 Å². The van der Waals surface area contributed by atoms with Crippen LogP contribution >= 0.6 is 0 Å². The van der Waals surface area contributed by atoms with Gasteiger partial charge in [0.25, 0.3) is 0 Å². The molecule has 1 aromatic heterocycles. The molecule has 4 nitrogen and oxygen atoms in total.